The predicted octanol–water partition coefficient (Wildman–Crippen LogP) is 3.98. The summed E-state index contributed by atoms with van der Waals surface area (Å²) in [6.45, 7) is 5.27. The van der Waals surface area contributed by atoms with Crippen LogP contribution in [0.25, 0.3) is 0 Å². The normalized spacial score (nSPS) is 20.5. The maximum atomic E-state index is 6.31. The largest absolute Gasteiger partial charge is 0.468 e. The number of nitrogens with zero attached hydrogens (tertiary/aromatic N) is 2. The Morgan fingerprint density at radius 2 is 1.97 bits per heavy atom. The molecule has 0 radical (unpaired) electrons. The van der Waals surface area contributed by atoms with Gasteiger partial charge in [0.05, 0.1) is 12.3 Å². The summed E-state index contributed by atoms with van der Waals surface area (Å²) < 4.78 is 11.4. The van der Waals surface area contributed by atoms with Gasteiger partial charge in [0.25, 0.3) is 0 Å². The minimum absolute atomic E-state index is 0.0177. The van der Waals surface area contributed by atoms with Crippen LogP contribution in [0.15, 0.2) is 52.1 Å². The van der Waals surface area contributed by atoms with E-state index in [0.29, 0.717) is 0 Å². The quantitative estimate of drug-likeness (QED) is 0.499. The number of hydrogen-bond acceptors (Lipinski definition) is 4. The van der Waals surface area contributed by atoms with E-state index >= 15 is 0 Å². The third-order valence-electron chi connectivity index (χ3n) is 6.62. The molecule has 0 amide bonds. The van der Waals surface area contributed by atoms with E-state index in [0.717, 1.165) is 69.0 Å². The monoisotopic (exact) mass is 444 g/mol. The van der Waals surface area contributed by atoms with Crippen LogP contribution in [-0.4, -0.2) is 57.3 Å². The van der Waals surface area contributed by atoms with Crippen molar-refractivity contribution >= 4 is 17.6 Å². The molecule has 0 bridgehead atoms. The van der Waals surface area contributed by atoms with Gasteiger partial charge in [-0.2, -0.15) is 0 Å². The lowest BCUT2D eigenvalue weighted by Gasteiger charge is -2.38. The molecule has 1 atom stereocenters. The molecule has 2 aliphatic heterocycles. The van der Waals surface area contributed by atoms with E-state index in [1.165, 1.54) is 18.4 Å². The molecule has 2 fully saturated rings. The molecule has 2 aromatic rings. The molecule has 0 aliphatic carbocycles. The zero-order chi connectivity index (χ0) is 21.5. The van der Waals surface area contributed by atoms with Crippen LogP contribution in [0.1, 0.15) is 43.0 Å². The molecule has 6 nitrogen and oxygen atoms in total. The number of benzene rings is 1. The lowest BCUT2D eigenvalue weighted by atomic mass is 9.74. The minimum Gasteiger partial charge on any atom is -0.468 e. The van der Waals surface area contributed by atoms with Crippen LogP contribution in [0.3, 0.4) is 0 Å². The first-order valence-corrected chi connectivity index (χ1v) is 11.6. The highest BCUT2D eigenvalue weighted by molar-refractivity contribution is 6.30. The molecular weight excluding hydrogens is 412 g/mol. The molecule has 0 saturated carbocycles. The summed E-state index contributed by atoms with van der Waals surface area (Å²) in [5.74, 6) is 1.81. The number of hydrogen-bond donors (Lipinski definition) is 2. The van der Waals surface area contributed by atoms with E-state index in [1.54, 1.807) is 6.26 Å². The Hall–Kier alpha value is -2.02. The SMILES string of the molecule is CN=C(NCC(c1ccco1)N1CCCC1)NCC1(c2cccc(Cl)c2)CCOCC1. The standard InChI is InChI=1S/C24H33ClN4O2/c1-26-23(27-17-21(22-8-5-13-31-22)29-11-2-3-12-29)28-18-24(9-14-30-15-10-24)19-6-4-7-20(25)16-19/h4-8,13,16,21H,2-3,9-12,14-15,17-18H2,1H3,(H2,26,27,28). The van der Waals surface area contributed by atoms with Crippen molar-refractivity contribution in [2.75, 3.05) is 46.4 Å². The van der Waals surface area contributed by atoms with Crippen LogP contribution < -0.4 is 10.6 Å². The van der Waals surface area contributed by atoms with Crippen LogP contribution in [-0.2, 0) is 10.2 Å². The van der Waals surface area contributed by atoms with Crippen molar-refractivity contribution in [3.8, 4) is 0 Å². The van der Waals surface area contributed by atoms with Gasteiger partial charge in [-0.05, 0) is 68.6 Å². The van der Waals surface area contributed by atoms with Crippen molar-refractivity contribution in [3.05, 3.63) is 59.0 Å². The molecule has 7 heteroatoms. The molecule has 1 aromatic heterocycles. The van der Waals surface area contributed by atoms with Crippen molar-refractivity contribution < 1.29 is 9.15 Å². The van der Waals surface area contributed by atoms with Gasteiger partial charge in [-0.15, -0.1) is 0 Å². The molecule has 31 heavy (non-hydrogen) atoms. The highest BCUT2D eigenvalue weighted by Gasteiger charge is 2.35. The Labute approximate surface area is 190 Å². The molecule has 2 saturated heterocycles. The lowest BCUT2D eigenvalue weighted by Crippen LogP contribution is -2.49. The average molecular weight is 445 g/mol. The summed E-state index contributed by atoms with van der Waals surface area (Å²) in [5, 5.41) is 7.89. The summed E-state index contributed by atoms with van der Waals surface area (Å²) in [6, 6.07) is 12.5. The van der Waals surface area contributed by atoms with E-state index in [1.807, 2.05) is 25.2 Å². The Kier molecular flexibility index (Phi) is 7.54. The maximum absolute atomic E-state index is 6.31. The summed E-state index contributed by atoms with van der Waals surface area (Å²) in [7, 11) is 1.82. The van der Waals surface area contributed by atoms with Crippen LogP contribution in [0.2, 0.25) is 5.02 Å². The molecule has 3 heterocycles. The smallest absolute Gasteiger partial charge is 0.191 e. The van der Waals surface area contributed by atoms with Crippen molar-refractivity contribution in [2.45, 2.75) is 37.1 Å². The van der Waals surface area contributed by atoms with E-state index in [-0.39, 0.29) is 11.5 Å². The lowest BCUT2D eigenvalue weighted by molar-refractivity contribution is 0.0513. The second kappa shape index (κ2) is 10.5. The fraction of sp³-hybridized carbons (Fsp3) is 0.542. The third kappa shape index (κ3) is 5.43. The highest BCUT2D eigenvalue weighted by Crippen LogP contribution is 2.35. The van der Waals surface area contributed by atoms with Gasteiger partial charge in [-0.1, -0.05) is 23.7 Å². The molecular formula is C24H33ClN4O2. The van der Waals surface area contributed by atoms with Crippen molar-refractivity contribution in [2.24, 2.45) is 4.99 Å². The van der Waals surface area contributed by atoms with Crippen LogP contribution in [0, 0.1) is 0 Å². The number of aliphatic imine (C=N–C) groups is 1. The minimum atomic E-state index is -0.0177. The summed E-state index contributed by atoms with van der Waals surface area (Å²) in [6.07, 6.45) is 6.16. The Morgan fingerprint density at radius 3 is 2.65 bits per heavy atom. The van der Waals surface area contributed by atoms with Gasteiger partial charge in [0.1, 0.15) is 5.76 Å². The van der Waals surface area contributed by atoms with Gasteiger partial charge in [0, 0.05) is 43.8 Å². The third-order valence-corrected chi connectivity index (χ3v) is 6.86. The molecule has 168 valence electrons. The van der Waals surface area contributed by atoms with Crippen LogP contribution >= 0.6 is 11.6 Å². The second-order valence-corrected chi connectivity index (χ2v) is 8.92. The number of ether oxygens (including phenoxy) is 1. The number of likely N-dealkylation sites (tertiary alicyclic amines) is 1. The van der Waals surface area contributed by atoms with E-state index in [4.69, 9.17) is 20.8 Å². The number of furan rings is 1. The van der Waals surface area contributed by atoms with Crippen molar-refractivity contribution in [1.29, 1.82) is 0 Å². The van der Waals surface area contributed by atoms with E-state index in [9.17, 15) is 0 Å². The average Bonchev–Trinajstić information content (AvgIpc) is 3.52. The zero-order valence-electron chi connectivity index (χ0n) is 18.3. The first-order chi connectivity index (χ1) is 15.2. The van der Waals surface area contributed by atoms with Crippen molar-refractivity contribution in [1.82, 2.24) is 15.5 Å². The predicted molar refractivity (Wildman–Crippen MR) is 125 cm³/mol. The first kappa shape index (κ1) is 22.2. The summed E-state index contributed by atoms with van der Waals surface area (Å²) >= 11 is 6.31. The van der Waals surface area contributed by atoms with Gasteiger partial charge >= 0.3 is 0 Å². The summed E-state index contributed by atoms with van der Waals surface area (Å²) in [4.78, 5) is 6.97. The van der Waals surface area contributed by atoms with Crippen LogP contribution in [0.5, 0.6) is 0 Å². The molecule has 2 aliphatic rings. The summed E-state index contributed by atoms with van der Waals surface area (Å²) in [5.41, 5.74) is 1.24. The van der Waals surface area contributed by atoms with E-state index in [2.05, 4.69) is 38.7 Å². The van der Waals surface area contributed by atoms with E-state index < -0.39 is 0 Å². The number of rotatable bonds is 7. The fourth-order valence-electron chi connectivity index (χ4n) is 4.76. The number of nitrogens with one attached hydrogen (secondary N) is 2. The molecule has 4 rings (SSSR count). The molecule has 2 N–H and O–H groups in total. The highest BCUT2D eigenvalue weighted by atomic mass is 35.5. The first-order valence-electron chi connectivity index (χ1n) is 11.3. The molecule has 1 aromatic carbocycles. The Balaban J connectivity index is 1.42. The number of guanidine groups is 1. The molecule has 0 spiro atoms. The van der Waals surface area contributed by atoms with Gasteiger partial charge in [0.2, 0.25) is 0 Å². The Bertz CT molecular complexity index is 843. The van der Waals surface area contributed by atoms with Crippen LogP contribution in [0.4, 0.5) is 0 Å². The van der Waals surface area contributed by atoms with Gasteiger partial charge in [-0.25, -0.2) is 0 Å². The number of halogens is 1. The zero-order valence-corrected chi connectivity index (χ0v) is 19.0. The van der Waals surface area contributed by atoms with Crippen molar-refractivity contribution in [3.63, 3.8) is 0 Å². The Morgan fingerprint density at radius 1 is 1.16 bits per heavy atom. The van der Waals surface area contributed by atoms with Gasteiger partial charge < -0.3 is 19.8 Å². The second-order valence-electron chi connectivity index (χ2n) is 8.48. The molecule has 1 unspecified atom stereocenters. The van der Waals surface area contributed by atoms with Gasteiger partial charge in [-0.3, -0.25) is 9.89 Å². The maximum Gasteiger partial charge on any atom is 0.191 e. The van der Waals surface area contributed by atoms with Gasteiger partial charge in [0.15, 0.2) is 5.96 Å². The topological polar surface area (TPSA) is 62.0 Å². The fourth-order valence-corrected chi connectivity index (χ4v) is 4.95.